The van der Waals surface area contributed by atoms with Crippen LogP contribution in [-0.4, -0.2) is 34.6 Å². The Hall–Kier alpha value is -3.94. The highest BCUT2D eigenvalue weighted by atomic mass is 16.5. The average molecular weight is 405 g/mol. The molecule has 0 saturated heterocycles. The van der Waals surface area contributed by atoms with Gasteiger partial charge in [-0.25, -0.2) is 4.98 Å². The second-order valence-corrected chi connectivity index (χ2v) is 6.82. The fourth-order valence-electron chi connectivity index (χ4n) is 3.20. The highest BCUT2D eigenvalue weighted by Gasteiger charge is 2.23. The van der Waals surface area contributed by atoms with E-state index in [1.54, 1.807) is 31.3 Å². The first-order valence-corrected chi connectivity index (χ1v) is 9.34. The number of carbonyl (C=O) groups excluding carboxylic acids is 2. The predicted molar refractivity (Wildman–Crippen MR) is 111 cm³/mol. The highest BCUT2D eigenvalue weighted by molar-refractivity contribution is 6.01. The summed E-state index contributed by atoms with van der Waals surface area (Å²) >= 11 is 0. The van der Waals surface area contributed by atoms with Crippen LogP contribution in [0.4, 0.5) is 5.69 Å². The number of carbonyl (C=O) groups is 2. The van der Waals surface area contributed by atoms with E-state index in [1.807, 2.05) is 30.3 Å². The third-order valence-corrected chi connectivity index (χ3v) is 4.78. The monoisotopic (exact) mass is 405 g/mol. The molecule has 4 aromatic rings. The number of ether oxygens (including phenoxy) is 1. The van der Waals surface area contributed by atoms with Crippen molar-refractivity contribution in [3.05, 3.63) is 71.3 Å². The Labute approximate surface area is 171 Å². The van der Waals surface area contributed by atoms with Crippen molar-refractivity contribution in [1.29, 1.82) is 0 Å². The summed E-state index contributed by atoms with van der Waals surface area (Å²) in [6, 6.07) is 16.2. The van der Waals surface area contributed by atoms with E-state index in [0.29, 0.717) is 16.8 Å². The number of amides is 1. The molecule has 0 aliphatic rings. The van der Waals surface area contributed by atoms with Crippen LogP contribution in [0.2, 0.25) is 0 Å². The standard InChI is InChI=1S/C22H19N3O5/c1-14(21(27)24(2)15-8-4-3-5-9-15)29-18(26)12-25-13-23-19-16-10-6-7-11-17(16)30-20(19)22(25)28/h3-11,13-14H,12H2,1-2H3. The lowest BCUT2D eigenvalue weighted by Crippen LogP contribution is -2.38. The molecule has 0 N–H and O–H groups in total. The fourth-order valence-corrected chi connectivity index (χ4v) is 3.20. The maximum Gasteiger partial charge on any atom is 0.326 e. The van der Waals surface area contributed by atoms with Crippen LogP contribution in [-0.2, 0) is 20.9 Å². The van der Waals surface area contributed by atoms with E-state index in [-0.39, 0.29) is 18.0 Å². The zero-order valence-electron chi connectivity index (χ0n) is 16.4. The van der Waals surface area contributed by atoms with E-state index in [0.717, 1.165) is 9.95 Å². The first-order valence-electron chi connectivity index (χ1n) is 9.34. The molecule has 0 aliphatic carbocycles. The van der Waals surface area contributed by atoms with Gasteiger partial charge in [-0.3, -0.25) is 19.0 Å². The summed E-state index contributed by atoms with van der Waals surface area (Å²) in [5.41, 5.74) is 1.24. The van der Waals surface area contributed by atoms with Crippen molar-refractivity contribution in [2.75, 3.05) is 11.9 Å². The fraction of sp³-hybridized carbons (Fsp3) is 0.182. The minimum Gasteiger partial charge on any atom is -0.451 e. The van der Waals surface area contributed by atoms with Crippen LogP contribution in [0.3, 0.4) is 0 Å². The maximum atomic E-state index is 12.7. The number of furan rings is 1. The second kappa shape index (κ2) is 7.82. The highest BCUT2D eigenvalue weighted by Crippen LogP contribution is 2.24. The van der Waals surface area contributed by atoms with Crippen LogP contribution in [0.25, 0.3) is 22.1 Å². The molecule has 2 aromatic carbocycles. The number of likely N-dealkylation sites (N-methyl/N-ethyl adjacent to an activating group) is 1. The van der Waals surface area contributed by atoms with Crippen molar-refractivity contribution in [2.24, 2.45) is 0 Å². The Bertz CT molecular complexity index is 1290. The molecule has 8 nitrogen and oxygen atoms in total. The van der Waals surface area contributed by atoms with Gasteiger partial charge in [0.2, 0.25) is 5.58 Å². The molecule has 0 aliphatic heterocycles. The summed E-state index contributed by atoms with van der Waals surface area (Å²) in [6.07, 6.45) is 0.262. The lowest BCUT2D eigenvalue weighted by atomic mass is 10.2. The molecule has 8 heteroatoms. The Kier molecular flexibility index (Phi) is 5.05. The van der Waals surface area contributed by atoms with Crippen molar-refractivity contribution in [3.8, 4) is 0 Å². The summed E-state index contributed by atoms with van der Waals surface area (Å²) in [5, 5.41) is 0.725. The maximum absolute atomic E-state index is 12.7. The number of rotatable bonds is 5. The van der Waals surface area contributed by atoms with E-state index in [2.05, 4.69) is 4.98 Å². The SMILES string of the molecule is CC(OC(=O)Cn1cnc2c(oc3ccccc32)c1=O)C(=O)N(C)c1ccccc1. The number of hydrogen-bond donors (Lipinski definition) is 0. The molecule has 0 radical (unpaired) electrons. The molecule has 1 amide bonds. The van der Waals surface area contributed by atoms with Gasteiger partial charge in [0.1, 0.15) is 17.6 Å². The summed E-state index contributed by atoms with van der Waals surface area (Å²) < 4.78 is 11.9. The zero-order chi connectivity index (χ0) is 21.3. The molecule has 0 saturated carbocycles. The van der Waals surface area contributed by atoms with Gasteiger partial charge in [0, 0.05) is 18.1 Å². The second-order valence-electron chi connectivity index (χ2n) is 6.82. The van der Waals surface area contributed by atoms with Gasteiger partial charge in [0.05, 0.1) is 6.33 Å². The van der Waals surface area contributed by atoms with Crippen molar-refractivity contribution in [3.63, 3.8) is 0 Å². The summed E-state index contributed by atoms with van der Waals surface area (Å²) in [4.78, 5) is 43.2. The topological polar surface area (TPSA) is 94.6 Å². The molecule has 0 bridgehead atoms. The third kappa shape index (κ3) is 3.55. The third-order valence-electron chi connectivity index (χ3n) is 4.78. The molecule has 2 aromatic heterocycles. The smallest absolute Gasteiger partial charge is 0.326 e. The number of nitrogens with zero attached hydrogens (tertiary/aromatic N) is 3. The minimum absolute atomic E-state index is 0.0689. The molecule has 1 atom stereocenters. The molecule has 1 unspecified atom stereocenters. The molecule has 152 valence electrons. The van der Waals surface area contributed by atoms with Crippen LogP contribution in [0.15, 0.2) is 70.1 Å². The number of hydrogen-bond acceptors (Lipinski definition) is 6. The Morgan fingerprint density at radius 1 is 1.13 bits per heavy atom. The largest absolute Gasteiger partial charge is 0.451 e. The van der Waals surface area contributed by atoms with E-state index >= 15 is 0 Å². The Balaban J connectivity index is 1.49. The molecule has 0 spiro atoms. The number of fused-ring (bicyclic) bond motifs is 3. The van der Waals surface area contributed by atoms with Crippen LogP contribution in [0.5, 0.6) is 0 Å². The number of para-hydroxylation sites is 2. The van der Waals surface area contributed by atoms with Gasteiger partial charge in [-0.1, -0.05) is 30.3 Å². The predicted octanol–water partition coefficient (Wildman–Crippen LogP) is 2.74. The average Bonchev–Trinajstić information content (AvgIpc) is 3.14. The molecule has 4 rings (SSSR count). The Morgan fingerprint density at radius 3 is 2.60 bits per heavy atom. The quantitative estimate of drug-likeness (QED) is 0.474. The van der Waals surface area contributed by atoms with Gasteiger partial charge >= 0.3 is 5.97 Å². The van der Waals surface area contributed by atoms with Gasteiger partial charge in [-0.15, -0.1) is 0 Å². The van der Waals surface area contributed by atoms with Gasteiger partial charge in [-0.05, 0) is 31.2 Å². The first-order chi connectivity index (χ1) is 14.5. The zero-order valence-corrected chi connectivity index (χ0v) is 16.4. The van der Waals surface area contributed by atoms with Crippen molar-refractivity contribution < 1.29 is 18.7 Å². The van der Waals surface area contributed by atoms with Crippen LogP contribution in [0, 0.1) is 0 Å². The minimum atomic E-state index is -1.01. The van der Waals surface area contributed by atoms with Gasteiger partial charge in [0.15, 0.2) is 6.10 Å². The van der Waals surface area contributed by atoms with Crippen molar-refractivity contribution in [1.82, 2.24) is 9.55 Å². The van der Waals surface area contributed by atoms with E-state index < -0.39 is 17.6 Å². The normalized spacial score (nSPS) is 12.1. The molecular formula is C22H19N3O5. The summed E-state index contributed by atoms with van der Waals surface area (Å²) in [6.45, 7) is 1.11. The van der Waals surface area contributed by atoms with Gasteiger partial charge < -0.3 is 14.1 Å². The lowest BCUT2D eigenvalue weighted by molar-refractivity contribution is -0.154. The van der Waals surface area contributed by atoms with Crippen molar-refractivity contribution in [2.45, 2.75) is 19.6 Å². The van der Waals surface area contributed by atoms with Crippen LogP contribution < -0.4 is 10.5 Å². The molecular weight excluding hydrogens is 386 g/mol. The molecule has 0 fully saturated rings. The number of benzene rings is 2. The number of aromatic nitrogens is 2. The van der Waals surface area contributed by atoms with Crippen LogP contribution >= 0.6 is 0 Å². The van der Waals surface area contributed by atoms with Gasteiger partial charge in [0.25, 0.3) is 11.5 Å². The van der Waals surface area contributed by atoms with E-state index in [4.69, 9.17) is 9.15 Å². The first kappa shape index (κ1) is 19.4. The summed E-state index contributed by atoms with van der Waals surface area (Å²) in [7, 11) is 1.60. The molecule has 2 heterocycles. The molecule has 30 heavy (non-hydrogen) atoms. The van der Waals surface area contributed by atoms with E-state index in [9.17, 15) is 14.4 Å². The summed E-state index contributed by atoms with van der Waals surface area (Å²) in [5.74, 6) is -1.11. The van der Waals surface area contributed by atoms with E-state index in [1.165, 1.54) is 18.2 Å². The van der Waals surface area contributed by atoms with Crippen molar-refractivity contribution >= 4 is 39.6 Å². The van der Waals surface area contributed by atoms with Crippen LogP contribution in [0.1, 0.15) is 6.92 Å². The number of esters is 1. The Morgan fingerprint density at radius 2 is 1.83 bits per heavy atom. The number of anilines is 1. The van der Waals surface area contributed by atoms with Gasteiger partial charge in [-0.2, -0.15) is 0 Å². The lowest BCUT2D eigenvalue weighted by Gasteiger charge is -2.21.